The summed E-state index contributed by atoms with van der Waals surface area (Å²) in [5, 5.41) is 19.4. The lowest BCUT2D eigenvalue weighted by molar-refractivity contribution is -0.295. The number of fused-ring (bicyclic) bond motifs is 1. The molecule has 0 radical (unpaired) electrons. The maximum absolute atomic E-state index is 16.9. The lowest BCUT2D eigenvalue weighted by Crippen LogP contribution is -2.61. The van der Waals surface area contributed by atoms with Gasteiger partial charge in [0.25, 0.3) is 5.67 Å². The number of amidine groups is 1. The van der Waals surface area contributed by atoms with E-state index in [1.165, 1.54) is 39.5 Å². The number of ketones is 2. The number of alkyl halides is 1. The number of aliphatic hydroxyl groups is 1. The Labute approximate surface area is 349 Å². The molecule has 60 heavy (non-hydrogen) atoms. The van der Waals surface area contributed by atoms with Crippen molar-refractivity contribution in [3.05, 3.63) is 30.4 Å². The SMILES string of the molecule is CC[C@@H]1OC(=O)[C@@](C)(F)C(=O)[C@H](C)[C@@H](OC2O[C@H](C)C[C@H](N(C)C)[C@H]2O)[C@](C)(OC)C[C@@H](C)C(=O)[C@H](C)[C@H]2[C@H](/C(N)=N/OCc3cc(-c4cnccn4)on3)C(=O)O[C@@]21C. The summed E-state index contributed by atoms with van der Waals surface area (Å²) in [6.45, 7) is 11.8. The fraction of sp³-hybridized carbons (Fsp3) is 0.707. The number of carbonyl (C=O) groups excluding carboxylic acids is 4. The molecular weight excluding hydrogens is 787 g/mol. The Morgan fingerprint density at radius 2 is 1.80 bits per heavy atom. The van der Waals surface area contributed by atoms with E-state index in [2.05, 4.69) is 20.3 Å². The van der Waals surface area contributed by atoms with E-state index in [9.17, 15) is 24.3 Å². The van der Waals surface area contributed by atoms with E-state index in [0.717, 1.165) is 6.92 Å². The summed E-state index contributed by atoms with van der Waals surface area (Å²) < 4.78 is 52.6. The van der Waals surface area contributed by atoms with Gasteiger partial charge in [-0.05, 0) is 61.1 Å². The zero-order chi connectivity index (χ0) is 44.5. The molecule has 0 aromatic carbocycles. The molecule has 0 bridgehead atoms. The summed E-state index contributed by atoms with van der Waals surface area (Å²) in [6.07, 6.45) is -0.702. The maximum Gasteiger partial charge on any atom is 0.351 e. The monoisotopic (exact) mass is 846 g/mol. The van der Waals surface area contributed by atoms with Gasteiger partial charge in [-0.1, -0.05) is 38.0 Å². The highest BCUT2D eigenvalue weighted by atomic mass is 19.1. The van der Waals surface area contributed by atoms with E-state index in [1.54, 1.807) is 47.9 Å². The molecule has 1 unspecified atom stereocenters. The van der Waals surface area contributed by atoms with Gasteiger partial charge in [0.15, 0.2) is 35.9 Å². The molecule has 5 heterocycles. The summed E-state index contributed by atoms with van der Waals surface area (Å²) in [6, 6.07) is 1.17. The van der Waals surface area contributed by atoms with Crippen LogP contribution < -0.4 is 5.73 Å². The van der Waals surface area contributed by atoms with Crippen LogP contribution in [0.2, 0.25) is 0 Å². The van der Waals surface area contributed by atoms with E-state index in [0.29, 0.717) is 23.6 Å². The van der Waals surface area contributed by atoms with Crippen LogP contribution in [-0.4, -0.2) is 129 Å². The molecule has 19 heteroatoms. The van der Waals surface area contributed by atoms with Gasteiger partial charge in [-0.2, -0.15) is 0 Å². The highest BCUT2D eigenvalue weighted by molar-refractivity contribution is 6.08. The Balaban J connectivity index is 1.52. The molecule has 2 aromatic rings. The highest BCUT2D eigenvalue weighted by Crippen LogP contribution is 2.48. The van der Waals surface area contributed by atoms with Gasteiger partial charge in [-0.3, -0.25) is 19.4 Å². The van der Waals surface area contributed by atoms with Gasteiger partial charge in [-0.25, -0.2) is 14.2 Å². The van der Waals surface area contributed by atoms with Crippen molar-refractivity contribution in [2.45, 2.75) is 135 Å². The number of rotatable bonds is 10. The fourth-order valence-electron chi connectivity index (χ4n) is 9.10. The Kier molecular flexibility index (Phi) is 14.2. The van der Waals surface area contributed by atoms with Crippen molar-refractivity contribution in [1.82, 2.24) is 20.0 Å². The van der Waals surface area contributed by atoms with Crippen molar-refractivity contribution in [2.24, 2.45) is 40.5 Å². The number of hydrogen-bond acceptors (Lipinski definition) is 17. The second-order valence-electron chi connectivity index (χ2n) is 17.1. The van der Waals surface area contributed by atoms with Crippen LogP contribution in [0.15, 0.2) is 34.3 Å². The molecule has 3 fully saturated rings. The molecular formula is C41H59FN6O12. The molecule has 0 amide bonds. The first-order chi connectivity index (χ1) is 28.1. The zero-order valence-electron chi connectivity index (χ0n) is 36.1. The standard InChI is InChI=1S/C41H59FN6O12/c1-12-28-41(8)30(29(36(52)59-41)35(43)47-55-19-24-16-27(60-46-24)25-18-44-13-14-45-25)22(4)31(49)20(2)17-39(6,54-11)34(23(5)33(51)40(7,42)38(53)57-28)58-37-32(50)26(48(9)10)15-21(3)56-37/h13-14,16,18,20-23,26,28-30,32,34,37,50H,12,15,17,19H2,1-11H3,(H2,43,47)/t20-,21-,22-,23+,26+,28+,29-,30+,32-,34-,37?,39-,40+,41-/m1/s1. The minimum Gasteiger partial charge on any atom is -0.455 e. The van der Waals surface area contributed by atoms with Crippen LogP contribution in [0.5, 0.6) is 0 Å². The molecule has 14 atom stereocenters. The number of halogens is 1. The third-order valence-corrected chi connectivity index (χ3v) is 12.5. The smallest absolute Gasteiger partial charge is 0.351 e. The van der Waals surface area contributed by atoms with Crippen molar-refractivity contribution >= 4 is 29.3 Å². The van der Waals surface area contributed by atoms with Crippen molar-refractivity contribution in [2.75, 3.05) is 21.2 Å². The van der Waals surface area contributed by atoms with Gasteiger partial charge in [-0.15, -0.1) is 0 Å². The fourth-order valence-corrected chi connectivity index (χ4v) is 9.10. The molecule has 3 saturated heterocycles. The summed E-state index contributed by atoms with van der Waals surface area (Å²) >= 11 is 0. The van der Waals surface area contributed by atoms with Gasteiger partial charge < -0.3 is 48.8 Å². The number of oxime groups is 1. The number of cyclic esters (lactones) is 1. The Morgan fingerprint density at radius 3 is 2.42 bits per heavy atom. The molecule has 3 aliphatic rings. The molecule has 0 aliphatic carbocycles. The number of carbonyl (C=O) groups is 4. The van der Waals surface area contributed by atoms with E-state index < -0.39 is 94.8 Å². The number of Topliss-reactive ketones (excluding diaryl/α,β-unsaturated/α-hetero) is 2. The first-order valence-corrected chi connectivity index (χ1v) is 20.2. The lowest BCUT2D eigenvalue weighted by atomic mass is 9.67. The first kappa shape index (κ1) is 46.6. The van der Waals surface area contributed by atoms with Crippen molar-refractivity contribution in [1.29, 1.82) is 0 Å². The summed E-state index contributed by atoms with van der Waals surface area (Å²) in [5.74, 6) is -9.82. The minimum atomic E-state index is -3.25. The predicted molar refractivity (Wildman–Crippen MR) is 210 cm³/mol. The van der Waals surface area contributed by atoms with Crippen LogP contribution in [-0.2, 0) is 54.3 Å². The molecule has 0 spiro atoms. The number of esters is 2. The number of nitrogens with zero attached hydrogens (tertiary/aromatic N) is 5. The average molecular weight is 847 g/mol. The maximum atomic E-state index is 16.9. The molecule has 5 rings (SSSR count). The lowest BCUT2D eigenvalue weighted by Gasteiger charge is -2.47. The predicted octanol–water partition coefficient (Wildman–Crippen LogP) is 3.18. The number of hydrogen-bond donors (Lipinski definition) is 2. The summed E-state index contributed by atoms with van der Waals surface area (Å²) in [5.41, 5.74) is 0.694. The number of aromatic nitrogens is 3. The van der Waals surface area contributed by atoms with Crippen LogP contribution in [0, 0.1) is 29.6 Å². The first-order valence-electron chi connectivity index (χ1n) is 20.2. The van der Waals surface area contributed by atoms with Crippen LogP contribution in [0.3, 0.4) is 0 Å². The molecule has 0 saturated carbocycles. The third kappa shape index (κ3) is 9.10. The van der Waals surface area contributed by atoms with Crippen LogP contribution in [0.1, 0.15) is 80.3 Å². The number of methoxy groups -OCH3 is 1. The molecule has 3 aliphatic heterocycles. The number of aliphatic hydroxyl groups excluding tert-OH is 1. The Morgan fingerprint density at radius 1 is 1.10 bits per heavy atom. The molecule has 18 nitrogen and oxygen atoms in total. The van der Waals surface area contributed by atoms with E-state index in [4.69, 9.17) is 38.8 Å². The average Bonchev–Trinajstić information content (AvgIpc) is 3.79. The second kappa shape index (κ2) is 18.3. The van der Waals surface area contributed by atoms with E-state index >= 15 is 4.39 Å². The van der Waals surface area contributed by atoms with Crippen molar-refractivity contribution in [3.8, 4) is 11.5 Å². The largest absolute Gasteiger partial charge is 0.455 e. The van der Waals surface area contributed by atoms with Crippen LogP contribution >= 0.6 is 0 Å². The van der Waals surface area contributed by atoms with Gasteiger partial charge in [0.2, 0.25) is 0 Å². The number of ether oxygens (including phenoxy) is 5. The normalized spacial score (nSPS) is 38.6. The third-order valence-electron chi connectivity index (χ3n) is 12.5. The van der Waals surface area contributed by atoms with E-state index in [-0.39, 0.29) is 37.2 Å². The van der Waals surface area contributed by atoms with Crippen LogP contribution in [0.25, 0.3) is 11.5 Å². The van der Waals surface area contributed by atoms with Gasteiger partial charge in [0.1, 0.15) is 35.3 Å². The van der Waals surface area contributed by atoms with E-state index in [1.807, 2.05) is 11.8 Å². The minimum absolute atomic E-state index is 0.0154. The molecule has 2 aromatic heterocycles. The van der Waals surface area contributed by atoms with Gasteiger partial charge in [0, 0.05) is 55.3 Å². The zero-order valence-corrected chi connectivity index (χ0v) is 36.1. The topological polar surface area (TPSA) is 237 Å². The molecule has 332 valence electrons. The van der Waals surface area contributed by atoms with Gasteiger partial charge >= 0.3 is 11.9 Å². The Bertz CT molecular complexity index is 1900. The highest BCUT2D eigenvalue weighted by Gasteiger charge is 2.63. The molecule has 3 N–H and O–H groups in total. The van der Waals surface area contributed by atoms with Crippen LogP contribution in [0.4, 0.5) is 4.39 Å². The summed E-state index contributed by atoms with van der Waals surface area (Å²) in [4.78, 5) is 72.3. The Hall–Kier alpha value is -4.43. The second-order valence-corrected chi connectivity index (χ2v) is 17.1. The quantitative estimate of drug-likeness (QED) is 0.115. The number of likely N-dealkylation sites (N-methyl/N-ethyl adjacent to an activating group) is 1. The van der Waals surface area contributed by atoms with Crippen molar-refractivity contribution < 1.29 is 61.7 Å². The van der Waals surface area contributed by atoms with Gasteiger partial charge in [0.05, 0.1) is 24.0 Å². The summed E-state index contributed by atoms with van der Waals surface area (Å²) in [7, 11) is 4.96. The van der Waals surface area contributed by atoms with Crippen molar-refractivity contribution in [3.63, 3.8) is 0 Å². The number of nitrogens with two attached hydrogens (primary N) is 1.